The number of nitrogens with one attached hydrogen (secondary N) is 3. The van der Waals surface area contributed by atoms with Crippen LogP contribution in [0.2, 0.25) is 0 Å². The van der Waals surface area contributed by atoms with E-state index in [1.54, 1.807) is 11.9 Å². The van der Waals surface area contributed by atoms with Gasteiger partial charge in [0.2, 0.25) is 0 Å². The number of amides is 2. The average molecular weight is 388 g/mol. The molecule has 2 rings (SSSR count). The number of benzene rings is 1. The van der Waals surface area contributed by atoms with Crippen LogP contribution >= 0.6 is 0 Å². The van der Waals surface area contributed by atoms with Crippen LogP contribution in [0.25, 0.3) is 0 Å². The highest BCUT2D eigenvalue weighted by Crippen LogP contribution is 2.28. The van der Waals surface area contributed by atoms with Crippen LogP contribution in [0.3, 0.4) is 0 Å². The fourth-order valence-corrected chi connectivity index (χ4v) is 3.16. The summed E-state index contributed by atoms with van der Waals surface area (Å²) in [6, 6.07) is 5.05. The molecule has 0 bridgehead atoms. The Hall–Kier alpha value is -2.13. The predicted octanol–water partition coefficient (Wildman–Crippen LogP) is -1.81. The summed E-state index contributed by atoms with van der Waals surface area (Å²) in [5.41, 5.74) is 0.0882. The first-order valence-corrected chi connectivity index (χ1v) is 8.98. The smallest absolute Gasteiger partial charge is 0.354 e. The number of halogens is 3. The van der Waals surface area contributed by atoms with Gasteiger partial charge in [0.15, 0.2) is 13.1 Å². The van der Waals surface area contributed by atoms with Crippen LogP contribution < -0.4 is 15.1 Å². The van der Waals surface area contributed by atoms with E-state index in [9.17, 15) is 22.8 Å². The van der Waals surface area contributed by atoms with Crippen LogP contribution in [0, 0.1) is 0 Å². The zero-order valence-electron chi connectivity index (χ0n) is 15.7. The maximum absolute atomic E-state index is 12.6. The Labute approximate surface area is 156 Å². The fraction of sp³-hybridized carbons (Fsp3) is 0.556. The van der Waals surface area contributed by atoms with Crippen LogP contribution in [0.5, 0.6) is 0 Å². The van der Waals surface area contributed by atoms with Crippen molar-refractivity contribution in [3.05, 3.63) is 35.4 Å². The van der Waals surface area contributed by atoms with E-state index >= 15 is 0 Å². The highest BCUT2D eigenvalue weighted by atomic mass is 19.4. The molecule has 150 valence electrons. The van der Waals surface area contributed by atoms with Crippen LogP contribution in [0.1, 0.15) is 11.1 Å². The normalized spacial score (nSPS) is 16.9. The number of piperazine rings is 1. The Kier molecular flexibility index (Phi) is 7.20. The van der Waals surface area contributed by atoms with Gasteiger partial charge in [0.05, 0.1) is 38.8 Å². The molecule has 1 fully saturated rings. The number of alkyl halides is 3. The molecule has 27 heavy (non-hydrogen) atoms. The highest BCUT2D eigenvalue weighted by Gasteiger charge is 2.30. The Bertz CT molecular complexity index is 641. The van der Waals surface area contributed by atoms with Gasteiger partial charge >= 0.3 is 6.18 Å². The molecule has 6 nitrogen and oxygen atoms in total. The number of hydrogen-bond donors (Lipinski definition) is 3. The monoisotopic (exact) mass is 388 g/mol. The Morgan fingerprint density at radius 1 is 1.19 bits per heavy atom. The van der Waals surface area contributed by atoms with E-state index in [4.69, 9.17) is 0 Å². The molecule has 0 saturated carbocycles. The summed E-state index contributed by atoms with van der Waals surface area (Å²) in [7, 11) is 3.46. The van der Waals surface area contributed by atoms with Gasteiger partial charge in [0.25, 0.3) is 11.8 Å². The van der Waals surface area contributed by atoms with Crippen molar-refractivity contribution >= 4 is 11.8 Å². The molecule has 1 heterocycles. The Balaban J connectivity index is 1.78. The summed E-state index contributed by atoms with van der Waals surface area (Å²) < 4.78 is 37.8. The van der Waals surface area contributed by atoms with Crippen molar-refractivity contribution in [2.75, 3.05) is 53.4 Å². The van der Waals surface area contributed by atoms with Crippen LogP contribution in [0.15, 0.2) is 24.3 Å². The van der Waals surface area contributed by atoms with E-state index in [1.165, 1.54) is 12.1 Å². The zero-order valence-corrected chi connectivity index (χ0v) is 15.7. The minimum atomic E-state index is -4.34. The third-order valence-corrected chi connectivity index (χ3v) is 4.75. The molecule has 0 spiro atoms. The van der Waals surface area contributed by atoms with Gasteiger partial charge in [0, 0.05) is 12.6 Å². The molecule has 0 aromatic heterocycles. The Morgan fingerprint density at radius 2 is 1.78 bits per heavy atom. The molecule has 1 aromatic rings. The first kappa shape index (κ1) is 21.2. The molecular formula is C18H27F3N4O2+2. The number of quaternary nitrogens is 2. The molecule has 2 amide bonds. The lowest BCUT2D eigenvalue weighted by Crippen LogP contribution is -3.16. The van der Waals surface area contributed by atoms with Crippen molar-refractivity contribution in [1.82, 2.24) is 10.2 Å². The fourth-order valence-electron chi connectivity index (χ4n) is 3.16. The van der Waals surface area contributed by atoms with Gasteiger partial charge in [0.1, 0.15) is 6.54 Å². The second kappa shape index (κ2) is 9.18. The summed E-state index contributed by atoms with van der Waals surface area (Å²) in [5.74, 6) is 0.0175. The third kappa shape index (κ3) is 6.51. The van der Waals surface area contributed by atoms with Gasteiger partial charge in [-0.2, -0.15) is 13.2 Å². The lowest BCUT2D eigenvalue weighted by atomic mass is 10.1. The summed E-state index contributed by atoms with van der Waals surface area (Å²) in [6.45, 7) is 3.86. The number of carbonyl (C=O) groups excluding carboxylic acids is 2. The first-order chi connectivity index (χ1) is 12.7. The van der Waals surface area contributed by atoms with E-state index in [0.717, 1.165) is 40.6 Å². The highest BCUT2D eigenvalue weighted by molar-refractivity contribution is 5.77. The van der Waals surface area contributed by atoms with Crippen LogP contribution in [-0.2, 0) is 22.3 Å². The van der Waals surface area contributed by atoms with Crippen molar-refractivity contribution in [2.24, 2.45) is 0 Å². The number of likely N-dealkylation sites (N-methyl/N-ethyl adjacent to an activating group) is 2. The third-order valence-electron chi connectivity index (χ3n) is 4.75. The van der Waals surface area contributed by atoms with Gasteiger partial charge in [-0.05, 0) is 12.1 Å². The Morgan fingerprint density at radius 3 is 2.30 bits per heavy atom. The standard InChI is InChI=1S/C18H25F3N4O2/c1-22-16(26)12-24-7-9-25(10-8-24)17(27)13-23(2)11-14-3-5-15(6-4-14)18(19,20)21/h3-6H,7-13H2,1-2H3,(H,22,26)/p+2. The summed E-state index contributed by atoms with van der Waals surface area (Å²) in [5, 5.41) is 2.60. The van der Waals surface area contributed by atoms with E-state index in [-0.39, 0.29) is 18.4 Å². The molecule has 1 atom stereocenters. The van der Waals surface area contributed by atoms with Crippen molar-refractivity contribution in [2.45, 2.75) is 12.7 Å². The topological polar surface area (TPSA) is 58.3 Å². The van der Waals surface area contributed by atoms with Gasteiger partial charge < -0.3 is 20.0 Å². The summed E-state index contributed by atoms with van der Waals surface area (Å²) in [6.07, 6.45) is -4.34. The number of hydrogen-bond acceptors (Lipinski definition) is 2. The van der Waals surface area contributed by atoms with Gasteiger partial charge in [-0.1, -0.05) is 12.1 Å². The maximum Gasteiger partial charge on any atom is 0.416 e. The van der Waals surface area contributed by atoms with Gasteiger partial charge in [-0.15, -0.1) is 0 Å². The average Bonchev–Trinajstić information content (AvgIpc) is 2.61. The lowest BCUT2D eigenvalue weighted by Gasteiger charge is -2.32. The molecule has 1 saturated heterocycles. The van der Waals surface area contributed by atoms with Crippen molar-refractivity contribution < 1.29 is 32.6 Å². The zero-order chi connectivity index (χ0) is 20.0. The molecule has 0 aliphatic carbocycles. The molecule has 1 unspecified atom stereocenters. The number of carbonyl (C=O) groups is 2. The molecule has 1 aliphatic rings. The van der Waals surface area contributed by atoms with E-state index in [1.807, 2.05) is 7.05 Å². The molecule has 9 heteroatoms. The van der Waals surface area contributed by atoms with E-state index < -0.39 is 11.7 Å². The largest absolute Gasteiger partial charge is 0.416 e. The molecule has 1 aromatic carbocycles. The quantitative estimate of drug-likeness (QED) is 0.538. The molecule has 3 N–H and O–H groups in total. The first-order valence-electron chi connectivity index (χ1n) is 8.98. The second-order valence-electron chi connectivity index (χ2n) is 6.99. The van der Waals surface area contributed by atoms with Crippen molar-refractivity contribution in [3.63, 3.8) is 0 Å². The second-order valence-corrected chi connectivity index (χ2v) is 6.99. The van der Waals surface area contributed by atoms with Crippen molar-refractivity contribution in [3.8, 4) is 0 Å². The van der Waals surface area contributed by atoms with E-state index in [2.05, 4.69) is 5.32 Å². The van der Waals surface area contributed by atoms with Crippen LogP contribution in [-0.4, -0.2) is 70.1 Å². The number of rotatable bonds is 6. The van der Waals surface area contributed by atoms with Gasteiger partial charge in [-0.3, -0.25) is 9.59 Å². The summed E-state index contributed by atoms with van der Waals surface area (Å²) >= 11 is 0. The molecule has 1 aliphatic heterocycles. The lowest BCUT2D eigenvalue weighted by molar-refractivity contribution is -0.897. The molecular weight excluding hydrogens is 361 g/mol. The minimum absolute atomic E-state index is 0.00880. The molecule has 0 radical (unpaired) electrons. The van der Waals surface area contributed by atoms with E-state index in [0.29, 0.717) is 26.2 Å². The minimum Gasteiger partial charge on any atom is -0.354 e. The van der Waals surface area contributed by atoms with Crippen LogP contribution in [0.4, 0.5) is 13.2 Å². The summed E-state index contributed by atoms with van der Waals surface area (Å²) in [4.78, 5) is 27.7. The van der Waals surface area contributed by atoms with Crippen molar-refractivity contribution in [1.29, 1.82) is 0 Å². The number of nitrogens with zero attached hydrogens (tertiary/aromatic N) is 1. The SMILES string of the molecule is CNC(=O)C[NH+]1CCN(C(=O)C[NH+](C)Cc2ccc(C(F)(F)F)cc2)CC1. The predicted molar refractivity (Wildman–Crippen MR) is 93.1 cm³/mol. The maximum atomic E-state index is 12.6. The van der Waals surface area contributed by atoms with Gasteiger partial charge in [-0.25, -0.2) is 0 Å².